The van der Waals surface area contributed by atoms with Crippen LogP contribution in [0.1, 0.15) is 22.3 Å². The van der Waals surface area contributed by atoms with E-state index in [0.717, 1.165) is 11.0 Å². The molecule has 0 heterocycles. The Balaban J connectivity index is 1.71. The highest BCUT2D eigenvalue weighted by atomic mass is 27.2. The maximum Gasteiger partial charge on any atom is 0.412 e. The van der Waals surface area contributed by atoms with E-state index < -0.39 is 14.4 Å². The molecular formula is C23H25AlN2. The van der Waals surface area contributed by atoms with E-state index in [-0.39, 0.29) is 0 Å². The van der Waals surface area contributed by atoms with Gasteiger partial charge in [-0.05, 0) is 54.5 Å². The summed E-state index contributed by atoms with van der Waals surface area (Å²) in [7, 11) is 0. The molecule has 0 aliphatic heterocycles. The Labute approximate surface area is 161 Å². The van der Waals surface area contributed by atoms with Crippen molar-refractivity contribution in [2.45, 2.75) is 24.9 Å². The Hall–Kier alpha value is -2.34. The van der Waals surface area contributed by atoms with Crippen molar-refractivity contribution in [2.75, 3.05) is 4.30 Å². The lowest BCUT2D eigenvalue weighted by atomic mass is 10.1. The third kappa shape index (κ3) is 5.33. The fourth-order valence-corrected chi connectivity index (χ4v) is 4.91. The summed E-state index contributed by atoms with van der Waals surface area (Å²) in [5, 5.41) is 1.09. The lowest BCUT2D eigenvalue weighted by Gasteiger charge is -2.13. The summed E-state index contributed by atoms with van der Waals surface area (Å²) < 4.78 is 3.72. The second-order valence-corrected chi connectivity index (χ2v) is 9.41. The Morgan fingerprint density at radius 2 is 1.65 bits per heavy atom. The Kier molecular flexibility index (Phi) is 6.28. The molecule has 26 heavy (non-hydrogen) atoms. The summed E-state index contributed by atoms with van der Waals surface area (Å²) >= 11 is -1.12. The number of benzene rings is 3. The van der Waals surface area contributed by atoms with Gasteiger partial charge in [-0.2, -0.15) is 0 Å². The smallest absolute Gasteiger partial charge is 0.412 e. The third-order valence-corrected chi connectivity index (χ3v) is 6.28. The molecule has 3 rings (SSSR count). The van der Waals surface area contributed by atoms with Crippen molar-refractivity contribution in [3.63, 3.8) is 0 Å². The van der Waals surface area contributed by atoms with Crippen molar-refractivity contribution in [1.29, 1.82) is 0 Å². The third-order valence-electron chi connectivity index (χ3n) is 4.40. The summed E-state index contributed by atoms with van der Waals surface area (Å²) in [5.41, 5.74) is 7.32. The molecule has 0 fully saturated rings. The highest BCUT2D eigenvalue weighted by Gasteiger charge is 2.14. The fraction of sp³-hybridized carbons (Fsp3) is 0.174. The maximum atomic E-state index is 4.67. The van der Waals surface area contributed by atoms with E-state index in [1.165, 1.54) is 27.9 Å². The van der Waals surface area contributed by atoms with Gasteiger partial charge in [0.25, 0.3) is 0 Å². The van der Waals surface area contributed by atoms with Crippen LogP contribution in [0.4, 0.5) is 11.4 Å². The Morgan fingerprint density at radius 1 is 0.885 bits per heavy atom. The first-order valence-corrected chi connectivity index (χ1v) is 11.7. The predicted molar refractivity (Wildman–Crippen MR) is 115 cm³/mol. The van der Waals surface area contributed by atoms with E-state index in [0.29, 0.717) is 0 Å². The molecule has 2 nitrogen and oxygen atoms in total. The fourth-order valence-electron chi connectivity index (χ4n) is 3.01. The molecule has 0 saturated carbocycles. The van der Waals surface area contributed by atoms with Crippen LogP contribution in [0.25, 0.3) is 0 Å². The second kappa shape index (κ2) is 8.85. The van der Waals surface area contributed by atoms with Crippen LogP contribution in [0, 0.1) is 13.8 Å². The summed E-state index contributed by atoms with van der Waals surface area (Å²) in [6, 6.07) is 25.5. The minimum atomic E-state index is -1.12. The standard InChI is InChI=1S/C15H14N.C7H8N.CH3.Al/c1-12-6-5-9-15(10-12)16-11-14-8-4-3-7-13(14)2;1-6-2-4-7(8)5-3-6;;/h3-11H,2H2,1H3;2-5,8H,1H3;1H3;/q;-1;;+1. The number of aryl methyl sites for hydroxylation is 2. The van der Waals surface area contributed by atoms with Crippen LogP contribution in [-0.4, -0.2) is 20.6 Å². The number of hydrogen-bond acceptors (Lipinski definition) is 2. The predicted octanol–water partition coefficient (Wildman–Crippen LogP) is 5.87. The summed E-state index contributed by atoms with van der Waals surface area (Å²) in [6.45, 7) is 4.21. The van der Waals surface area contributed by atoms with Gasteiger partial charge in [-0.25, -0.2) is 0 Å². The number of anilines is 1. The molecule has 130 valence electrons. The van der Waals surface area contributed by atoms with Gasteiger partial charge in [0.1, 0.15) is 0 Å². The molecule has 3 heteroatoms. The van der Waals surface area contributed by atoms with E-state index in [2.05, 4.69) is 89.6 Å². The minimum Gasteiger partial charge on any atom is -0.476 e. The second-order valence-electron chi connectivity index (χ2n) is 6.91. The first-order valence-electron chi connectivity index (χ1n) is 9.12. The van der Waals surface area contributed by atoms with E-state index in [1.807, 2.05) is 18.3 Å². The van der Waals surface area contributed by atoms with Gasteiger partial charge in [0, 0.05) is 11.9 Å². The van der Waals surface area contributed by atoms with Crippen molar-refractivity contribution in [3.8, 4) is 0 Å². The molecule has 0 atom stereocenters. The van der Waals surface area contributed by atoms with E-state index in [4.69, 9.17) is 0 Å². The SMILES string of the molecule is Cc1ccc([NH][Al]([CH3])[CH2]c2ccccc2C=Nc2cccc(C)c2)cc1. The average molecular weight is 356 g/mol. The number of rotatable bonds is 6. The Morgan fingerprint density at radius 3 is 2.42 bits per heavy atom. The maximum absolute atomic E-state index is 4.67. The minimum absolute atomic E-state index is 1.00. The van der Waals surface area contributed by atoms with Crippen LogP contribution in [0.2, 0.25) is 5.79 Å². The quantitative estimate of drug-likeness (QED) is 0.433. The summed E-state index contributed by atoms with van der Waals surface area (Å²) in [4.78, 5) is 4.67. The molecule has 3 aromatic carbocycles. The molecule has 0 radical (unpaired) electrons. The van der Waals surface area contributed by atoms with Crippen molar-refractivity contribution in [2.24, 2.45) is 4.99 Å². The topological polar surface area (TPSA) is 24.4 Å². The number of aliphatic imine (C=N–C) groups is 1. The number of hydrogen-bond donors (Lipinski definition) is 1. The van der Waals surface area contributed by atoms with Crippen LogP contribution in [-0.2, 0) is 5.28 Å². The summed E-state index contributed by atoms with van der Waals surface area (Å²) in [5.74, 6) is 2.36. The van der Waals surface area contributed by atoms with Gasteiger partial charge < -0.3 is 4.30 Å². The van der Waals surface area contributed by atoms with Crippen LogP contribution < -0.4 is 4.30 Å². The molecule has 0 aliphatic carbocycles. The zero-order valence-electron chi connectivity index (χ0n) is 15.7. The molecule has 0 amide bonds. The first kappa shape index (κ1) is 18.5. The normalized spacial score (nSPS) is 10.9. The van der Waals surface area contributed by atoms with E-state index in [9.17, 15) is 0 Å². The lowest BCUT2D eigenvalue weighted by molar-refractivity contribution is 1.33. The van der Waals surface area contributed by atoms with Crippen molar-refractivity contribution < 1.29 is 0 Å². The molecule has 1 N–H and O–H groups in total. The molecule has 0 spiro atoms. The summed E-state index contributed by atoms with van der Waals surface area (Å²) in [6.07, 6.45) is 2.00. The lowest BCUT2D eigenvalue weighted by Crippen LogP contribution is -2.24. The number of nitrogens with one attached hydrogen (secondary N) is 1. The molecule has 0 bridgehead atoms. The zero-order valence-corrected chi connectivity index (χ0v) is 16.9. The molecule has 0 saturated heterocycles. The molecular weight excluding hydrogens is 331 g/mol. The number of nitrogens with zero attached hydrogens (tertiary/aromatic N) is 1. The molecule has 0 aliphatic rings. The van der Waals surface area contributed by atoms with Gasteiger partial charge in [0.2, 0.25) is 0 Å². The largest absolute Gasteiger partial charge is 0.476 e. The van der Waals surface area contributed by atoms with Crippen molar-refractivity contribution >= 4 is 32.0 Å². The van der Waals surface area contributed by atoms with Crippen LogP contribution in [0.3, 0.4) is 0 Å². The van der Waals surface area contributed by atoms with Gasteiger partial charge in [-0.15, -0.1) is 0 Å². The van der Waals surface area contributed by atoms with Crippen LogP contribution >= 0.6 is 0 Å². The van der Waals surface area contributed by atoms with E-state index in [1.54, 1.807) is 0 Å². The Bertz CT molecular complexity index is 885. The highest BCUT2D eigenvalue weighted by molar-refractivity contribution is 6.60. The average Bonchev–Trinajstić information content (AvgIpc) is 2.63. The molecule has 0 aromatic heterocycles. The van der Waals surface area contributed by atoms with Crippen LogP contribution in [0.5, 0.6) is 0 Å². The van der Waals surface area contributed by atoms with Crippen molar-refractivity contribution in [1.82, 2.24) is 0 Å². The first-order chi connectivity index (χ1) is 12.6. The monoisotopic (exact) mass is 356 g/mol. The van der Waals surface area contributed by atoms with E-state index >= 15 is 0 Å². The van der Waals surface area contributed by atoms with Crippen molar-refractivity contribution in [3.05, 3.63) is 95.1 Å². The molecule has 0 unspecified atom stereocenters. The van der Waals surface area contributed by atoms with Gasteiger partial charge >= 0.3 is 14.4 Å². The highest BCUT2D eigenvalue weighted by Crippen LogP contribution is 2.16. The van der Waals surface area contributed by atoms with Gasteiger partial charge in [0.15, 0.2) is 0 Å². The van der Waals surface area contributed by atoms with Gasteiger partial charge in [0.05, 0.1) is 5.69 Å². The van der Waals surface area contributed by atoms with Crippen LogP contribution in [0.15, 0.2) is 77.8 Å². The molecule has 3 aromatic rings. The van der Waals surface area contributed by atoms with Gasteiger partial charge in [-0.3, -0.25) is 4.99 Å². The zero-order chi connectivity index (χ0) is 18.4. The van der Waals surface area contributed by atoms with Gasteiger partial charge in [-0.1, -0.05) is 65.4 Å².